The fraction of sp³-hybridized carbons (Fsp3) is 0.375. The number of nitrogens with zero attached hydrogens (tertiary/aromatic N) is 2. The molecule has 5 nitrogen and oxygen atoms in total. The Morgan fingerprint density at radius 2 is 1.86 bits per heavy atom. The first-order valence-corrected chi connectivity index (χ1v) is 10.1. The van der Waals surface area contributed by atoms with E-state index < -0.39 is 0 Å². The smallest absolute Gasteiger partial charge is 0.226 e. The van der Waals surface area contributed by atoms with E-state index in [2.05, 4.69) is 35.2 Å². The van der Waals surface area contributed by atoms with Crippen LogP contribution >= 0.6 is 0 Å². The van der Waals surface area contributed by atoms with Gasteiger partial charge in [-0.05, 0) is 56.0 Å². The van der Waals surface area contributed by atoms with Gasteiger partial charge in [-0.3, -0.25) is 4.90 Å². The van der Waals surface area contributed by atoms with Gasteiger partial charge >= 0.3 is 0 Å². The van der Waals surface area contributed by atoms with Crippen LogP contribution in [0.4, 0.5) is 0 Å². The van der Waals surface area contributed by atoms with Gasteiger partial charge in [0.25, 0.3) is 0 Å². The molecule has 5 heteroatoms. The van der Waals surface area contributed by atoms with Crippen molar-refractivity contribution in [3.63, 3.8) is 0 Å². The third-order valence-electron chi connectivity index (χ3n) is 5.67. The van der Waals surface area contributed by atoms with E-state index in [1.54, 1.807) is 14.2 Å². The Balaban J connectivity index is 1.50. The molecule has 0 saturated carbocycles. The van der Waals surface area contributed by atoms with E-state index in [-0.39, 0.29) is 0 Å². The quantitative estimate of drug-likeness (QED) is 0.588. The van der Waals surface area contributed by atoms with E-state index in [0.29, 0.717) is 23.3 Å². The molecule has 1 aromatic heterocycles. The molecule has 1 atom stereocenters. The SMILES string of the molecule is COc1ccc(-c2nc(CN3CCCC(c4ccccc4)C3)c(C)o2)cc1OC. The first-order valence-electron chi connectivity index (χ1n) is 10.1. The van der Waals surface area contributed by atoms with Crippen molar-refractivity contribution in [1.82, 2.24) is 9.88 Å². The molecule has 4 rings (SSSR count). The molecular weight excluding hydrogens is 364 g/mol. The van der Waals surface area contributed by atoms with Gasteiger partial charge in [-0.15, -0.1) is 0 Å². The summed E-state index contributed by atoms with van der Waals surface area (Å²) in [5.74, 6) is 3.44. The lowest BCUT2D eigenvalue weighted by Gasteiger charge is -2.32. The summed E-state index contributed by atoms with van der Waals surface area (Å²) in [6, 6.07) is 16.6. The van der Waals surface area contributed by atoms with E-state index in [9.17, 15) is 0 Å². The number of ether oxygens (including phenoxy) is 2. The second kappa shape index (κ2) is 8.70. The maximum absolute atomic E-state index is 5.99. The van der Waals surface area contributed by atoms with Gasteiger partial charge in [0.2, 0.25) is 5.89 Å². The molecule has 0 N–H and O–H groups in total. The number of aromatic nitrogens is 1. The third kappa shape index (κ3) is 4.30. The minimum absolute atomic E-state index is 0.586. The molecule has 1 saturated heterocycles. The Morgan fingerprint density at radius 1 is 1.07 bits per heavy atom. The van der Waals surface area contributed by atoms with Crippen molar-refractivity contribution < 1.29 is 13.9 Å². The van der Waals surface area contributed by atoms with Crippen molar-refractivity contribution in [2.75, 3.05) is 27.3 Å². The van der Waals surface area contributed by atoms with Crippen LogP contribution in [0.25, 0.3) is 11.5 Å². The lowest BCUT2D eigenvalue weighted by Crippen LogP contribution is -2.34. The Hall–Kier alpha value is -2.79. The number of likely N-dealkylation sites (tertiary alicyclic amines) is 1. The number of oxazole rings is 1. The van der Waals surface area contributed by atoms with Crippen LogP contribution in [-0.4, -0.2) is 37.2 Å². The Labute approximate surface area is 172 Å². The van der Waals surface area contributed by atoms with Crippen LogP contribution in [0.15, 0.2) is 52.9 Å². The van der Waals surface area contributed by atoms with Crippen LogP contribution in [-0.2, 0) is 6.54 Å². The van der Waals surface area contributed by atoms with Crippen LogP contribution in [0.5, 0.6) is 11.5 Å². The number of rotatable bonds is 6. The van der Waals surface area contributed by atoms with Crippen LogP contribution in [0.3, 0.4) is 0 Å². The molecule has 0 amide bonds. The minimum Gasteiger partial charge on any atom is -0.493 e. The van der Waals surface area contributed by atoms with Gasteiger partial charge in [-0.25, -0.2) is 4.98 Å². The Kier molecular flexibility index (Phi) is 5.86. The summed E-state index contributed by atoms with van der Waals surface area (Å²) in [5.41, 5.74) is 3.32. The normalized spacial score (nSPS) is 17.3. The summed E-state index contributed by atoms with van der Waals surface area (Å²) in [6.45, 7) is 4.96. The maximum Gasteiger partial charge on any atom is 0.226 e. The van der Waals surface area contributed by atoms with Crippen LogP contribution < -0.4 is 9.47 Å². The van der Waals surface area contributed by atoms with Crippen molar-refractivity contribution in [2.24, 2.45) is 0 Å². The van der Waals surface area contributed by atoms with Crippen molar-refractivity contribution in [2.45, 2.75) is 32.2 Å². The van der Waals surface area contributed by atoms with Crippen molar-refractivity contribution in [1.29, 1.82) is 0 Å². The van der Waals surface area contributed by atoms with Gasteiger partial charge in [0.05, 0.1) is 19.9 Å². The van der Waals surface area contributed by atoms with Gasteiger partial charge < -0.3 is 13.9 Å². The Morgan fingerprint density at radius 3 is 2.62 bits per heavy atom. The molecule has 1 aliphatic heterocycles. The molecule has 0 radical (unpaired) electrons. The van der Waals surface area contributed by atoms with Gasteiger partial charge in [0.1, 0.15) is 5.76 Å². The highest BCUT2D eigenvalue weighted by Gasteiger charge is 2.23. The summed E-state index contributed by atoms with van der Waals surface area (Å²) in [6.07, 6.45) is 2.45. The number of hydrogen-bond donors (Lipinski definition) is 0. The van der Waals surface area contributed by atoms with E-state index in [4.69, 9.17) is 18.9 Å². The van der Waals surface area contributed by atoms with Gasteiger partial charge in [-0.1, -0.05) is 30.3 Å². The molecule has 1 fully saturated rings. The second-order valence-electron chi connectivity index (χ2n) is 7.58. The van der Waals surface area contributed by atoms with E-state index in [0.717, 1.165) is 36.7 Å². The summed E-state index contributed by atoms with van der Waals surface area (Å²) in [5, 5.41) is 0. The molecule has 29 heavy (non-hydrogen) atoms. The summed E-state index contributed by atoms with van der Waals surface area (Å²) >= 11 is 0. The zero-order chi connectivity index (χ0) is 20.2. The molecule has 1 aliphatic rings. The van der Waals surface area contributed by atoms with E-state index in [1.165, 1.54) is 18.4 Å². The molecule has 152 valence electrons. The summed E-state index contributed by atoms with van der Waals surface area (Å²) < 4.78 is 16.7. The molecule has 2 heterocycles. The fourth-order valence-corrected chi connectivity index (χ4v) is 4.08. The second-order valence-corrected chi connectivity index (χ2v) is 7.58. The fourth-order valence-electron chi connectivity index (χ4n) is 4.08. The summed E-state index contributed by atoms with van der Waals surface area (Å²) in [4.78, 5) is 7.29. The number of hydrogen-bond acceptors (Lipinski definition) is 5. The molecule has 1 unspecified atom stereocenters. The van der Waals surface area contributed by atoms with Crippen molar-refractivity contribution in [3.05, 3.63) is 65.5 Å². The number of piperidine rings is 1. The van der Waals surface area contributed by atoms with Crippen LogP contribution in [0, 0.1) is 6.92 Å². The number of aryl methyl sites for hydroxylation is 1. The molecule has 0 aliphatic carbocycles. The first-order chi connectivity index (χ1) is 14.2. The van der Waals surface area contributed by atoms with Gasteiger partial charge in [0, 0.05) is 18.7 Å². The van der Waals surface area contributed by atoms with E-state index in [1.807, 2.05) is 25.1 Å². The molecular formula is C24H28N2O3. The third-order valence-corrected chi connectivity index (χ3v) is 5.67. The largest absolute Gasteiger partial charge is 0.493 e. The maximum atomic E-state index is 5.99. The van der Waals surface area contributed by atoms with Crippen LogP contribution in [0.1, 0.15) is 35.8 Å². The van der Waals surface area contributed by atoms with Gasteiger partial charge in [-0.2, -0.15) is 0 Å². The first kappa shape index (κ1) is 19.5. The average molecular weight is 392 g/mol. The molecule has 0 spiro atoms. The zero-order valence-electron chi connectivity index (χ0n) is 17.4. The molecule has 2 aromatic carbocycles. The predicted octanol–water partition coefficient (Wildman–Crippen LogP) is 5.05. The highest BCUT2D eigenvalue weighted by atomic mass is 16.5. The van der Waals surface area contributed by atoms with Crippen molar-refractivity contribution in [3.8, 4) is 23.0 Å². The number of methoxy groups -OCH3 is 2. The standard InChI is InChI=1S/C24H28N2O3/c1-17-21(16-26-13-7-10-20(15-26)18-8-5-4-6-9-18)25-24(29-17)19-11-12-22(27-2)23(14-19)28-3/h4-6,8-9,11-12,14,20H,7,10,13,15-16H2,1-3H3. The predicted molar refractivity (Wildman–Crippen MR) is 113 cm³/mol. The lowest BCUT2D eigenvalue weighted by atomic mass is 9.90. The highest BCUT2D eigenvalue weighted by molar-refractivity contribution is 5.60. The Bertz CT molecular complexity index is 952. The molecule has 0 bridgehead atoms. The highest BCUT2D eigenvalue weighted by Crippen LogP contribution is 2.33. The van der Waals surface area contributed by atoms with Gasteiger partial charge in [0.15, 0.2) is 11.5 Å². The lowest BCUT2D eigenvalue weighted by molar-refractivity contribution is 0.197. The molecule has 3 aromatic rings. The summed E-state index contributed by atoms with van der Waals surface area (Å²) in [7, 11) is 3.26. The van der Waals surface area contributed by atoms with E-state index >= 15 is 0 Å². The monoisotopic (exact) mass is 392 g/mol. The average Bonchev–Trinajstić information content (AvgIpc) is 3.14. The topological polar surface area (TPSA) is 47.7 Å². The minimum atomic E-state index is 0.586. The zero-order valence-corrected chi connectivity index (χ0v) is 17.4. The van der Waals surface area contributed by atoms with Crippen LogP contribution in [0.2, 0.25) is 0 Å². The van der Waals surface area contributed by atoms with Crippen molar-refractivity contribution >= 4 is 0 Å². The number of benzene rings is 2.